The molecule has 1 aromatic carbocycles. The Morgan fingerprint density at radius 2 is 2.00 bits per heavy atom. The maximum atomic E-state index is 11.4. The summed E-state index contributed by atoms with van der Waals surface area (Å²) in [5, 5.41) is 0. The van der Waals surface area contributed by atoms with Crippen LogP contribution in [0.4, 0.5) is 0 Å². The smallest absolute Gasteiger partial charge is 0.175 e. The van der Waals surface area contributed by atoms with Gasteiger partial charge in [-0.2, -0.15) is 0 Å². The summed E-state index contributed by atoms with van der Waals surface area (Å²) < 4.78 is 22.8. The minimum atomic E-state index is -3.17. The molecule has 16 heavy (non-hydrogen) atoms. The zero-order valence-corrected chi connectivity index (χ0v) is 9.53. The number of hydrogen-bond donors (Lipinski definition) is 0. The standard InChI is InChI=1S/C12H10NO2S/c1-16(14,15)11-6-4-5-10(9-11)12-7-2-3-8-13-12/h2-7,9H,1H3. The maximum Gasteiger partial charge on any atom is 0.175 e. The molecule has 0 N–H and O–H groups in total. The normalized spacial score (nSPS) is 11.3. The molecule has 1 radical (unpaired) electrons. The summed E-state index contributed by atoms with van der Waals surface area (Å²) in [4.78, 5) is 4.35. The highest BCUT2D eigenvalue weighted by Gasteiger charge is 2.08. The van der Waals surface area contributed by atoms with Gasteiger partial charge < -0.3 is 0 Å². The second kappa shape index (κ2) is 4.06. The first kappa shape index (κ1) is 10.8. The number of pyridine rings is 1. The Morgan fingerprint density at radius 3 is 2.62 bits per heavy atom. The lowest BCUT2D eigenvalue weighted by Crippen LogP contribution is -1.97. The Labute approximate surface area is 94.7 Å². The van der Waals surface area contributed by atoms with E-state index in [1.165, 1.54) is 6.26 Å². The third-order valence-electron chi connectivity index (χ3n) is 2.17. The fourth-order valence-electron chi connectivity index (χ4n) is 1.37. The van der Waals surface area contributed by atoms with E-state index in [-0.39, 0.29) is 0 Å². The van der Waals surface area contributed by atoms with Gasteiger partial charge in [-0.15, -0.1) is 0 Å². The quantitative estimate of drug-likeness (QED) is 0.795. The summed E-state index contributed by atoms with van der Waals surface area (Å²) in [6.45, 7) is 0. The molecule has 0 saturated heterocycles. The first-order valence-corrected chi connectivity index (χ1v) is 6.60. The Bertz CT molecular complexity index is 591. The van der Waals surface area contributed by atoms with Crippen LogP contribution in [0.25, 0.3) is 11.3 Å². The Morgan fingerprint density at radius 1 is 1.19 bits per heavy atom. The van der Waals surface area contributed by atoms with Gasteiger partial charge in [-0.05, 0) is 24.3 Å². The fourth-order valence-corrected chi connectivity index (χ4v) is 2.04. The van der Waals surface area contributed by atoms with Crippen LogP contribution in [0.2, 0.25) is 0 Å². The minimum Gasteiger partial charge on any atom is -0.246 e. The van der Waals surface area contributed by atoms with Gasteiger partial charge in [-0.3, -0.25) is 0 Å². The number of aromatic nitrogens is 1. The Kier molecular flexibility index (Phi) is 2.75. The molecule has 0 aliphatic rings. The number of hydrogen-bond acceptors (Lipinski definition) is 3. The third-order valence-corrected chi connectivity index (χ3v) is 3.28. The molecule has 3 nitrogen and oxygen atoms in total. The molecular formula is C12H10NO2S. The van der Waals surface area contributed by atoms with Crippen LogP contribution >= 0.6 is 0 Å². The van der Waals surface area contributed by atoms with Crippen molar-refractivity contribution in [3.8, 4) is 11.3 Å². The highest BCUT2D eigenvalue weighted by Crippen LogP contribution is 2.19. The van der Waals surface area contributed by atoms with Gasteiger partial charge in [0.1, 0.15) is 0 Å². The number of rotatable bonds is 2. The molecule has 1 heterocycles. The molecule has 0 unspecified atom stereocenters. The largest absolute Gasteiger partial charge is 0.246 e. The molecule has 0 atom stereocenters. The lowest BCUT2D eigenvalue weighted by atomic mass is 10.1. The molecule has 1 aromatic heterocycles. The second-order valence-electron chi connectivity index (χ2n) is 3.45. The van der Waals surface area contributed by atoms with E-state index in [4.69, 9.17) is 0 Å². The first-order valence-electron chi connectivity index (χ1n) is 4.71. The third kappa shape index (κ3) is 2.28. The van der Waals surface area contributed by atoms with Gasteiger partial charge >= 0.3 is 0 Å². The van der Waals surface area contributed by atoms with Crippen molar-refractivity contribution in [3.63, 3.8) is 0 Å². The highest BCUT2D eigenvalue weighted by atomic mass is 32.2. The molecule has 0 fully saturated rings. The summed E-state index contributed by atoms with van der Waals surface area (Å²) >= 11 is 0. The van der Waals surface area contributed by atoms with Crippen molar-refractivity contribution in [2.24, 2.45) is 0 Å². The number of sulfone groups is 1. The van der Waals surface area contributed by atoms with E-state index < -0.39 is 9.84 Å². The van der Waals surface area contributed by atoms with E-state index >= 15 is 0 Å². The molecule has 4 heteroatoms. The summed E-state index contributed by atoms with van der Waals surface area (Å²) in [5.41, 5.74) is 1.49. The van der Waals surface area contributed by atoms with Gasteiger partial charge in [0.05, 0.1) is 16.8 Å². The molecule has 81 valence electrons. The van der Waals surface area contributed by atoms with E-state index in [9.17, 15) is 8.42 Å². The Hall–Kier alpha value is -1.68. The van der Waals surface area contributed by atoms with Crippen molar-refractivity contribution < 1.29 is 8.42 Å². The molecule has 0 aliphatic carbocycles. The lowest BCUT2D eigenvalue weighted by Gasteiger charge is -2.02. The average molecular weight is 232 g/mol. The van der Waals surface area contributed by atoms with Gasteiger partial charge in [0.25, 0.3) is 0 Å². The zero-order valence-electron chi connectivity index (χ0n) is 8.71. The van der Waals surface area contributed by atoms with E-state index in [1.54, 1.807) is 24.3 Å². The van der Waals surface area contributed by atoms with Gasteiger partial charge in [-0.1, -0.05) is 18.2 Å². The van der Waals surface area contributed by atoms with Gasteiger partial charge in [0.2, 0.25) is 0 Å². The predicted octanol–water partition coefficient (Wildman–Crippen LogP) is 1.95. The van der Waals surface area contributed by atoms with Crippen molar-refractivity contribution in [2.45, 2.75) is 4.90 Å². The van der Waals surface area contributed by atoms with Crippen molar-refractivity contribution in [1.29, 1.82) is 0 Å². The maximum absolute atomic E-state index is 11.4. The van der Waals surface area contributed by atoms with Crippen LogP contribution in [0.15, 0.2) is 47.4 Å². The molecule has 0 saturated carbocycles. The molecule has 0 bridgehead atoms. The van der Waals surface area contributed by atoms with Crippen LogP contribution in [0.3, 0.4) is 0 Å². The summed E-state index contributed by atoms with van der Waals surface area (Å²) in [7, 11) is -3.17. The number of nitrogens with zero attached hydrogens (tertiary/aromatic N) is 1. The monoisotopic (exact) mass is 232 g/mol. The second-order valence-corrected chi connectivity index (χ2v) is 5.47. The van der Waals surface area contributed by atoms with Crippen molar-refractivity contribution in [1.82, 2.24) is 4.98 Å². The van der Waals surface area contributed by atoms with Crippen molar-refractivity contribution in [2.75, 3.05) is 6.26 Å². The van der Waals surface area contributed by atoms with Crippen molar-refractivity contribution in [3.05, 3.63) is 48.7 Å². The van der Waals surface area contributed by atoms with E-state index in [1.807, 2.05) is 18.2 Å². The predicted molar refractivity (Wildman–Crippen MR) is 61.6 cm³/mol. The molecule has 2 aromatic rings. The van der Waals surface area contributed by atoms with Gasteiger partial charge in [0.15, 0.2) is 9.84 Å². The zero-order chi connectivity index (χ0) is 11.6. The topological polar surface area (TPSA) is 47.0 Å². The van der Waals surface area contributed by atoms with Crippen LogP contribution < -0.4 is 0 Å². The van der Waals surface area contributed by atoms with E-state index in [2.05, 4.69) is 11.2 Å². The van der Waals surface area contributed by atoms with Gasteiger partial charge in [0, 0.05) is 11.8 Å². The summed E-state index contributed by atoms with van der Waals surface area (Å²) in [5.74, 6) is 0. The molecule has 2 rings (SSSR count). The lowest BCUT2D eigenvalue weighted by molar-refractivity contribution is 0.602. The Balaban J connectivity index is 2.53. The van der Waals surface area contributed by atoms with Crippen LogP contribution in [0, 0.1) is 6.20 Å². The highest BCUT2D eigenvalue weighted by molar-refractivity contribution is 7.90. The SMILES string of the molecule is CS(=O)(=O)c1cccc(-c2ccc[c]n2)c1. The first-order chi connectivity index (χ1) is 7.57. The minimum absolute atomic E-state index is 0.302. The number of benzene rings is 1. The molecule has 0 aliphatic heterocycles. The fraction of sp³-hybridized carbons (Fsp3) is 0.0833. The van der Waals surface area contributed by atoms with Crippen LogP contribution in [-0.2, 0) is 9.84 Å². The van der Waals surface area contributed by atoms with Crippen LogP contribution in [0.1, 0.15) is 0 Å². The van der Waals surface area contributed by atoms with E-state index in [0.717, 1.165) is 5.56 Å². The van der Waals surface area contributed by atoms with Crippen LogP contribution in [-0.4, -0.2) is 19.7 Å². The molecular weight excluding hydrogens is 222 g/mol. The average Bonchev–Trinajstić information content (AvgIpc) is 2.29. The van der Waals surface area contributed by atoms with Gasteiger partial charge in [-0.25, -0.2) is 13.4 Å². The molecule has 0 amide bonds. The van der Waals surface area contributed by atoms with E-state index in [0.29, 0.717) is 10.6 Å². The molecule has 0 spiro atoms. The summed E-state index contributed by atoms with van der Waals surface area (Å²) in [6.07, 6.45) is 3.91. The van der Waals surface area contributed by atoms with Crippen LogP contribution in [0.5, 0.6) is 0 Å². The van der Waals surface area contributed by atoms with Crippen molar-refractivity contribution >= 4 is 9.84 Å². The summed E-state index contributed by atoms with van der Waals surface area (Å²) in [6, 6.07) is 12.1.